The van der Waals surface area contributed by atoms with E-state index in [1.807, 2.05) is 50.2 Å². The normalized spacial score (nSPS) is 12.1. The molecule has 10 heteroatoms. The molecule has 7 nitrogen and oxygen atoms in total. The number of anilines is 1. The number of nitrogens with one attached hydrogen (secondary N) is 1. The first-order valence-corrected chi connectivity index (χ1v) is 15.6. The minimum absolute atomic E-state index is 0.0175. The van der Waals surface area contributed by atoms with Crippen molar-refractivity contribution in [1.82, 2.24) is 10.2 Å². The van der Waals surface area contributed by atoms with Gasteiger partial charge in [0.2, 0.25) is 21.8 Å². The number of aryl methyl sites for hydroxylation is 2. The highest BCUT2D eigenvalue weighted by atomic mass is 35.5. The summed E-state index contributed by atoms with van der Waals surface area (Å²) in [5.41, 5.74) is 3.52. The first-order valence-electron chi connectivity index (χ1n) is 13.0. The average Bonchev–Trinajstić information content (AvgIpc) is 2.89. The van der Waals surface area contributed by atoms with Gasteiger partial charge in [0.25, 0.3) is 0 Å². The molecule has 214 valence electrons. The van der Waals surface area contributed by atoms with Crippen molar-refractivity contribution in [1.29, 1.82) is 0 Å². The predicted molar refractivity (Wildman–Crippen MR) is 162 cm³/mol. The molecule has 0 fully saturated rings. The minimum Gasteiger partial charge on any atom is -0.354 e. The molecule has 2 amide bonds. The van der Waals surface area contributed by atoms with E-state index in [-0.39, 0.29) is 18.9 Å². The summed E-state index contributed by atoms with van der Waals surface area (Å²) in [5, 5.41) is 3.69. The second kappa shape index (κ2) is 14.0. The number of benzene rings is 3. The Hall–Kier alpha value is -3.07. The number of hydrogen-bond acceptors (Lipinski definition) is 4. The maximum Gasteiger partial charge on any atom is 0.244 e. The third-order valence-corrected chi connectivity index (χ3v) is 8.19. The molecule has 0 spiro atoms. The van der Waals surface area contributed by atoms with E-state index < -0.39 is 28.5 Å². The van der Waals surface area contributed by atoms with Crippen molar-refractivity contribution in [3.8, 4) is 0 Å². The van der Waals surface area contributed by atoms with Gasteiger partial charge in [-0.3, -0.25) is 13.9 Å². The van der Waals surface area contributed by atoms with Gasteiger partial charge >= 0.3 is 0 Å². The second-order valence-corrected chi connectivity index (χ2v) is 12.6. The van der Waals surface area contributed by atoms with Gasteiger partial charge in [-0.1, -0.05) is 84.2 Å². The zero-order valence-corrected chi connectivity index (χ0v) is 25.5. The lowest BCUT2D eigenvalue weighted by Crippen LogP contribution is -2.53. The number of nitrogens with zero attached hydrogens (tertiary/aromatic N) is 2. The number of carbonyl (C=O) groups is 2. The first kappa shape index (κ1) is 31.5. The van der Waals surface area contributed by atoms with Gasteiger partial charge < -0.3 is 10.2 Å². The van der Waals surface area contributed by atoms with Gasteiger partial charge in [-0.15, -0.1) is 0 Å². The van der Waals surface area contributed by atoms with Crippen LogP contribution in [-0.4, -0.2) is 50.5 Å². The van der Waals surface area contributed by atoms with Crippen molar-refractivity contribution in [3.05, 3.63) is 99.0 Å². The highest BCUT2D eigenvalue weighted by molar-refractivity contribution is 7.92. The molecule has 0 bridgehead atoms. The van der Waals surface area contributed by atoms with Crippen LogP contribution in [0.3, 0.4) is 0 Å². The minimum atomic E-state index is -3.85. The van der Waals surface area contributed by atoms with E-state index in [2.05, 4.69) is 5.32 Å². The van der Waals surface area contributed by atoms with Gasteiger partial charge in [-0.2, -0.15) is 0 Å². The van der Waals surface area contributed by atoms with Crippen molar-refractivity contribution >= 4 is 50.7 Å². The van der Waals surface area contributed by atoms with E-state index in [1.54, 1.807) is 37.3 Å². The highest BCUT2D eigenvalue weighted by Crippen LogP contribution is 2.27. The van der Waals surface area contributed by atoms with Crippen molar-refractivity contribution in [2.75, 3.05) is 23.7 Å². The zero-order valence-electron chi connectivity index (χ0n) is 23.2. The van der Waals surface area contributed by atoms with Crippen LogP contribution in [0.5, 0.6) is 0 Å². The van der Waals surface area contributed by atoms with Crippen LogP contribution in [-0.2, 0) is 32.6 Å². The van der Waals surface area contributed by atoms with Crippen LogP contribution in [0.2, 0.25) is 10.0 Å². The summed E-state index contributed by atoms with van der Waals surface area (Å²) in [6, 6.07) is 18.7. The molecule has 1 N–H and O–H groups in total. The summed E-state index contributed by atoms with van der Waals surface area (Å²) in [6.45, 7) is 5.58. The molecule has 0 aliphatic heterocycles. The lowest BCUT2D eigenvalue weighted by atomic mass is 10.0. The van der Waals surface area contributed by atoms with Crippen LogP contribution in [0.15, 0.2) is 66.7 Å². The number of halogens is 2. The summed E-state index contributed by atoms with van der Waals surface area (Å²) in [6.07, 6.45) is 2.01. The van der Waals surface area contributed by atoms with E-state index in [9.17, 15) is 18.0 Å². The Balaban J connectivity index is 2.09. The topological polar surface area (TPSA) is 86.8 Å². The van der Waals surface area contributed by atoms with Gasteiger partial charge in [0.15, 0.2) is 0 Å². The Morgan fingerprint density at radius 1 is 0.975 bits per heavy atom. The predicted octanol–water partition coefficient (Wildman–Crippen LogP) is 5.54. The van der Waals surface area contributed by atoms with Crippen LogP contribution in [0.1, 0.15) is 35.6 Å². The maximum atomic E-state index is 14.1. The number of sulfonamides is 1. The second-order valence-electron chi connectivity index (χ2n) is 9.81. The summed E-state index contributed by atoms with van der Waals surface area (Å²) in [4.78, 5) is 29.1. The van der Waals surface area contributed by atoms with Crippen LogP contribution in [0, 0.1) is 13.8 Å². The van der Waals surface area contributed by atoms with E-state index in [1.165, 1.54) is 4.90 Å². The number of hydrogen-bond donors (Lipinski definition) is 1. The molecule has 0 radical (unpaired) electrons. The Labute approximate surface area is 247 Å². The van der Waals surface area contributed by atoms with Gasteiger partial charge in [0.1, 0.15) is 12.6 Å². The average molecular weight is 605 g/mol. The van der Waals surface area contributed by atoms with Crippen LogP contribution >= 0.6 is 23.2 Å². The summed E-state index contributed by atoms with van der Waals surface area (Å²) < 4.78 is 27.0. The van der Waals surface area contributed by atoms with Crippen LogP contribution in [0.25, 0.3) is 0 Å². The molecule has 0 heterocycles. The van der Waals surface area contributed by atoms with Crippen molar-refractivity contribution in [2.45, 2.75) is 46.2 Å². The summed E-state index contributed by atoms with van der Waals surface area (Å²) in [7, 11) is -3.85. The quantitative estimate of drug-likeness (QED) is 0.294. The fraction of sp³-hybridized carbons (Fsp3) is 0.333. The highest BCUT2D eigenvalue weighted by Gasteiger charge is 2.33. The van der Waals surface area contributed by atoms with Crippen molar-refractivity contribution < 1.29 is 18.0 Å². The van der Waals surface area contributed by atoms with Gasteiger partial charge in [0.05, 0.1) is 11.9 Å². The van der Waals surface area contributed by atoms with E-state index in [0.717, 1.165) is 28.1 Å². The third kappa shape index (κ3) is 8.46. The van der Waals surface area contributed by atoms with Crippen molar-refractivity contribution in [2.24, 2.45) is 0 Å². The molecule has 0 saturated heterocycles. The van der Waals surface area contributed by atoms with Gasteiger partial charge in [-0.25, -0.2) is 8.42 Å². The smallest absolute Gasteiger partial charge is 0.244 e. The van der Waals surface area contributed by atoms with Crippen molar-refractivity contribution in [3.63, 3.8) is 0 Å². The molecular weight excluding hydrogens is 569 g/mol. The monoisotopic (exact) mass is 603 g/mol. The van der Waals surface area contributed by atoms with E-state index >= 15 is 0 Å². The van der Waals surface area contributed by atoms with Gasteiger partial charge in [0, 0.05) is 29.6 Å². The molecule has 3 aromatic rings. The molecule has 0 unspecified atom stereocenters. The molecule has 0 aliphatic carbocycles. The van der Waals surface area contributed by atoms with Crippen LogP contribution in [0.4, 0.5) is 5.69 Å². The summed E-state index contributed by atoms with van der Waals surface area (Å²) >= 11 is 12.6. The summed E-state index contributed by atoms with van der Waals surface area (Å²) in [5.74, 6) is -0.870. The maximum absolute atomic E-state index is 14.1. The van der Waals surface area contributed by atoms with E-state index in [4.69, 9.17) is 23.2 Å². The lowest BCUT2D eigenvalue weighted by Gasteiger charge is -2.34. The molecule has 3 rings (SSSR count). The molecular formula is C30H35Cl2N3O4S. The largest absolute Gasteiger partial charge is 0.354 e. The van der Waals surface area contributed by atoms with Crippen LogP contribution < -0.4 is 9.62 Å². The Morgan fingerprint density at radius 2 is 1.68 bits per heavy atom. The molecule has 1 atom stereocenters. The number of carbonyl (C=O) groups excluding carboxylic acids is 2. The Bertz CT molecular complexity index is 1450. The fourth-order valence-corrected chi connectivity index (χ4v) is 5.81. The molecule has 0 aromatic heterocycles. The first-order chi connectivity index (χ1) is 18.9. The molecule has 0 aliphatic rings. The fourth-order valence-electron chi connectivity index (χ4n) is 4.43. The number of amides is 2. The standard InChI is InChI=1S/C30H35Cl2N3O4S/c1-5-15-33-30(37)28(17-23-9-7-6-8-10-23)34(19-24-12-13-25(31)18-26(24)32)29(36)20-35(40(4,38)39)27-14-11-21(2)16-22(27)3/h6-14,16,18,28H,5,15,17,19-20H2,1-4H3,(H,33,37)/t28-/m1/s1. The lowest BCUT2D eigenvalue weighted by molar-refractivity contribution is -0.140. The SMILES string of the molecule is CCCNC(=O)[C@@H](Cc1ccccc1)N(Cc1ccc(Cl)cc1Cl)C(=O)CN(c1ccc(C)cc1C)S(C)(=O)=O. The molecule has 40 heavy (non-hydrogen) atoms. The third-order valence-electron chi connectivity index (χ3n) is 6.48. The van der Waals surface area contributed by atoms with E-state index in [0.29, 0.717) is 33.4 Å². The van der Waals surface area contributed by atoms with Gasteiger partial charge in [-0.05, 0) is 55.2 Å². The Kier molecular flexibility index (Phi) is 11.0. The Morgan fingerprint density at radius 3 is 2.27 bits per heavy atom. The molecule has 0 saturated carbocycles. The zero-order chi connectivity index (χ0) is 29.4. The number of rotatable bonds is 12. The molecule has 3 aromatic carbocycles.